The highest BCUT2D eigenvalue weighted by Crippen LogP contribution is 2.36. The zero-order valence-electron chi connectivity index (χ0n) is 18.9. The Morgan fingerprint density at radius 3 is 2.97 bits per heavy atom. The molecule has 1 aromatic carbocycles. The van der Waals surface area contributed by atoms with Crippen LogP contribution in [0.4, 0.5) is 16.2 Å². The van der Waals surface area contributed by atoms with Crippen LogP contribution >= 0.6 is 11.8 Å². The van der Waals surface area contributed by atoms with Crippen LogP contribution in [0.15, 0.2) is 41.4 Å². The number of fused-ring (bicyclic) bond motifs is 4. The fourth-order valence-electron chi connectivity index (χ4n) is 4.54. The molecule has 0 spiro atoms. The predicted octanol–water partition coefficient (Wildman–Crippen LogP) is 2.60. The maximum Gasteiger partial charge on any atom is 0.414 e. The number of ether oxygens (including phenoxy) is 3. The molecule has 11 heteroatoms. The Morgan fingerprint density at radius 2 is 2.09 bits per heavy atom. The molecule has 1 saturated heterocycles. The number of nitrogens with zero attached hydrogens (tertiary/aromatic N) is 3. The van der Waals surface area contributed by atoms with Gasteiger partial charge in [-0.15, -0.1) is 11.8 Å². The molecule has 2 aromatic heterocycles. The van der Waals surface area contributed by atoms with E-state index in [1.54, 1.807) is 24.3 Å². The third kappa shape index (κ3) is 4.21. The van der Waals surface area contributed by atoms with Crippen molar-refractivity contribution in [1.29, 1.82) is 0 Å². The van der Waals surface area contributed by atoms with Crippen molar-refractivity contribution >= 4 is 46.2 Å². The Balaban J connectivity index is 1.05. The molecule has 3 aromatic rings. The number of thioether (sulfide) groups is 1. The standard InChI is InChI=1S/C24H23N5O5S/c1-32-22-5-3-17-23(28-22)16-7-14(33-19(16)10-26-17)8-25-9-15-11-29(24(31)34-15)13-2-4-20-18(6-13)27-21(30)12-35-20/h2-6,10,14-15,25H,7-9,11-12H2,1H3,(H,27,30)/t14-,15+/m0/s1. The molecule has 1 fully saturated rings. The second-order valence-corrected chi connectivity index (χ2v) is 9.58. The molecule has 2 atom stereocenters. The first-order valence-electron chi connectivity index (χ1n) is 11.3. The second-order valence-electron chi connectivity index (χ2n) is 8.56. The van der Waals surface area contributed by atoms with E-state index in [2.05, 4.69) is 20.6 Å². The molecule has 2 amide bonds. The minimum atomic E-state index is -0.395. The summed E-state index contributed by atoms with van der Waals surface area (Å²) >= 11 is 1.49. The molecule has 2 N–H and O–H groups in total. The van der Waals surface area contributed by atoms with Crippen molar-refractivity contribution in [3.8, 4) is 11.6 Å². The zero-order valence-corrected chi connectivity index (χ0v) is 19.8. The highest BCUT2D eigenvalue weighted by atomic mass is 32.2. The molecule has 0 aliphatic carbocycles. The zero-order chi connectivity index (χ0) is 23.9. The number of cyclic esters (lactones) is 1. The number of nitrogens with one attached hydrogen (secondary N) is 2. The monoisotopic (exact) mass is 493 g/mol. The first-order valence-corrected chi connectivity index (χ1v) is 12.3. The Morgan fingerprint density at radius 1 is 1.20 bits per heavy atom. The van der Waals surface area contributed by atoms with Crippen molar-refractivity contribution in [3.63, 3.8) is 0 Å². The lowest BCUT2D eigenvalue weighted by molar-refractivity contribution is -0.113. The van der Waals surface area contributed by atoms with E-state index in [1.807, 2.05) is 24.3 Å². The van der Waals surface area contributed by atoms with Crippen LogP contribution in [0.1, 0.15) is 5.56 Å². The molecular formula is C24H23N5O5S. The summed E-state index contributed by atoms with van der Waals surface area (Å²) in [4.78, 5) is 35.8. The third-order valence-corrected chi connectivity index (χ3v) is 7.29. The second kappa shape index (κ2) is 8.90. The summed E-state index contributed by atoms with van der Waals surface area (Å²) in [5.74, 6) is 1.64. The molecule has 3 aliphatic heterocycles. The van der Waals surface area contributed by atoms with E-state index < -0.39 is 6.09 Å². The molecule has 0 radical (unpaired) electrons. The number of pyridine rings is 2. The maximum atomic E-state index is 12.5. The van der Waals surface area contributed by atoms with Crippen LogP contribution in [0.25, 0.3) is 11.0 Å². The van der Waals surface area contributed by atoms with Crippen molar-refractivity contribution in [3.05, 3.63) is 42.1 Å². The molecule has 0 bridgehead atoms. The van der Waals surface area contributed by atoms with Gasteiger partial charge < -0.3 is 24.8 Å². The van der Waals surface area contributed by atoms with Gasteiger partial charge in [-0.1, -0.05) is 0 Å². The van der Waals surface area contributed by atoms with Crippen molar-refractivity contribution in [2.45, 2.75) is 23.5 Å². The van der Waals surface area contributed by atoms with Crippen molar-refractivity contribution in [2.75, 3.05) is 42.7 Å². The SMILES string of the molecule is COc1ccc2ncc3c(c2n1)C[C@@H](CNC[C@@H]1CN(c2ccc4c(c2)NC(=O)CS4)C(=O)O1)O3. The van der Waals surface area contributed by atoms with Gasteiger partial charge in [0.2, 0.25) is 11.8 Å². The van der Waals surface area contributed by atoms with Gasteiger partial charge in [0.05, 0.1) is 42.3 Å². The summed E-state index contributed by atoms with van der Waals surface area (Å²) < 4.78 is 16.9. The normalized spacial score (nSPS) is 20.8. The van der Waals surface area contributed by atoms with Crippen LogP contribution in [0.5, 0.6) is 11.6 Å². The number of carbonyl (C=O) groups is 2. The number of benzene rings is 1. The van der Waals surface area contributed by atoms with E-state index in [1.165, 1.54) is 11.8 Å². The van der Waals surface area contributed by atoms with Crippen LogP contribution in [0, 0.1) is 0 Å². The number of aromatic nitrogens is 2. The van der Waals surface area contributed by atoms with Gasteiger partial charge in [-0.3, -0.25) is 14.7 Å². The van der Waals surface area contributed by atoms with Gasteiger partial charge in [-0.25, -0.2) is 9.78 Å². The van der Waals surface area contributed by atoms with E-state index in [4.69, 9.17) is 14.2 Å². The van der Waals surface area contributed by atoms with Crippen LogP contribution < -0.4 is 25.0 Å². The lowest BCUT2D eigenvalue weighted by Crippen LogP contribution is -2.36. The number of hydrogen-bond donors (Lipinski definition) is 2. The van der Waals surface area contributed by atoms with E-state index in [0.29, 0.717) is 43.4 Å². The van der Waals surface area contributed by atoms with Gasteiger partial charge >= 0.3 is 6.09 Å². The molecule has 0 saturated carbocycles. The van der Waals surface area contributed by atoms with Gasteiger partial charge in [0.1, 0.15) is 18.0 Å². The Hall–Kier alpha value is -3.57. The summed E-state index contributed by atoms with van der Waals surface area (Å²) in [7, 11) is 1.59. The summed E-state index contributed by atoms with van der Waals surface area (Å²) in [5.41, 5.74) is 4.06. The predicted molar refractivity (Wildman–Crippen MR) is 130 cm³/mol. The number of amides is 2. The summed E-state index contributed by atoms with van der Waals surface area (Å²) in [5, 5.41) is 6.23. The molecular weight excluding hydrogens is 470 g/mol. The molecule has 10 nitrogen and oxygen atoms in total. The highest BCUT2D eigenvalue weighted by Gasteiger charge is 2.33. The third-order valence-electron chi connectivity index (χ3n) is 6.21. The van der Waals surface area contributed by atoms with Gasteiger partial charge in [0, 0.05) is 41.7 Å². The van der Waals surface area contributed by atoms with E-state index in [-0.39, 0.29) is 18.1 Å². The highest BCUT2D eigenvalue weighted by molar-refractivity contribution is 8.00. The molecule has 5 heterocycles. The van der Waals surface area contributed by atoms with E-state index >= 15 is 0 Å². The molecule has 6 rings (SSSR count). The van der Waals surface area contributed by atoms with Crippen molar-refractivity contribution < 1.29 is 23.8 Å². The van der Waals surface area contributed by atoms with E-state index in [9.17, 15) is 9.59 Å². The van der Waals surface area contributed by atoms with Gasteiger partial charge in [-0.2, -0.15) is 0 Å². The molecule has 0 unspecified atom stereocenters. The smallest absolute Gasteiger partial charge is 0.414 e. The lowest BCUT2D eigenvalue weighted by Gasteiger charge is -2.20. The van der Waals surface area contributed by atoms with Crippen molar-refractivity contribution in [1.82, 2.24) is 15.3 Å². The van der Waals surface area contributed by atoms with Crippen LogP contribution in [-0.2, 0) is 16.0 Å². The largest absolute Gasteiger partial charge is 0.487 e. The first-order chi connectivity index (χ1) is 17.1. The summed E-state index contributed by atoms with van der Waals surface area (Å²) in [6, 6.07) is 9.31. The summed E-state index contributed by atoms with van der Waals surface area (Å²) in [6.45, 7) is 1.52. The number of anilines is 2. The molecule has 3 aliphatic rings. The fraction of sp³-hybridized carbons (Fsp3) is 0.333. The lowest BCUT2D eigenvalue weighted by atomic mass is 10.1. The minimum Gasteiger partial charge on any atom is -0.487 e. The van der Waals surface area contributed by atoms with Crippen LogP contribution in [0.2, 0.25) is 0 Å². The average molecular weight is 494 g/mol. The van der Waals surface area contributed by atoms with Crippen LogP contribution in [-0.4, -0.2) is 66.7 Å². The Bertz CT molecular complexity index is 1340. The van der Waals surface area contributed by atoms with Crippen LogP contribution in [0.3, 0.4) is 0 Å². The Labute approximate surface area is 205 Å². The number of rotatable bonds is 6. The van der Waals surface area contributed by atoms with Crippen molar-refractivity contribution in [2.24, 2.45) is 0 Å². The van der Waals surface area contributed by atoms with E-state index in [0.717, 1.165) is 32.9 Å². The fourth-order valence-corrected chi connectivity index (χ4v) is 5.33. The number of carbonyl (C=O) groups excluding carboxylic acids is 2. The van der Waals surface area contributed by atoms with Gasteiger partial charge in [0.15, 0.2) is 0 Å². The number of methoxy groups -OCH3 is 1. The average Bonchev–Trinajstić information content (AvgIpc) is 3.46. The van der Waals surface area contributed by atoms with Gasteiger partial charge in [0.25, 0.3) is 0 Å². The molecule has 35 heavy (non-hydrogen) atoms. The first kappa shape index (κ1) is 21.9. The quantitative estimate of drug-likeness (QED) is 0.535. The maximum absolute atomic E-state index is 12.5. The summed E-state index contributed by atoms with van der Waals surface area (Å²) in [6.07, 6.45) is 1.69. The number of hydrogen-bond acceptors (Lipinski definition) is 9. The topological polar surface area (TPSA) is 115 Å². The molecule has 180 valence electrons. The van der Waals surface area contributed by atoms with Gasteiger partial charge in [-0.05, 0) is 24.3 Å². The Kier molecular flexibility index (Phi) is 5.57. The minimum absolute atomic E-state index is 0.0410.